The molecular weight excluding hydrogens is 377 g/mol. The van der Waals surface area contributed by atoms with Gasteiger partial charge in [0.05, 0.1) is 11.1 Å². The summed E-state index contributed by atoms with van der Waals surface area (Å²) in [6.07, 6.45) is 0.440. The Balaban J connectivity index is 1.47. The van der Waals surface area contributed by atoms with Crippen LogP contribution < -0.4 is 10.6 Å². The Morgan fingerprint density at radius 1 is 0.962 bits per heavy atom. The van der Waals surface area contributed by atoms with Crippen molar-refractivity contribution in [2.24, 2.45) is 0 Å². The van der Waals surface area contributed by atoms with Crippen LogP contribution in [-0.4, -0.2) is 35.8 Å². The molecule has 0 fully saturated rings. The quantitative estimate of drug-likeness (QED) is 0.600. The van der Waals surface area contributed by atoms with Crippen molar-refractivity contribution in [3.05, 3.63) is 63.6 Å². The Labute approximate surface area is 160 Å². The zero-order valence-corrected chi connectivity index (χ0v) is 15.1. The SMILES string of the molecule is O=C(NCCCN1C(=O)c2ccccc2C1=O)Nc1cc(Cl)cc(Cl)c1. The number of nitrogens with zero attached hydrogens (tertiary/aromatic N) is 1. The van der Waals surface area contributed by atoms with E-state index in [0.717, 1.165) is 0 Å². The van der Waals surface area contributed by atoms with Gasteiger partial charge >= 0.3 is 6.03 Å². The van der Waals surface area contributed by atoms with E-state index in [1.54, 1.807) is 42.5 Å². The number of halogens is 2. The number of nitrogens with one attached hydrogen (secondary N) is 2. The van der Waals surface area contributed by atoms with Gasteiger partial charge in [-0.3, -0.25) is 14.5 Å². The second kappa shape index (κ2) is 7.76. The molecule has 0 aliphatic carbocycles. The van der Waals surface area contributed by atoms with Crippen molar-refractivity contribution in [2.75, 3.05) is 18.4 Å². The van der Waals surface area contributed by atoms with Gasteiger partial charge in [0, 0.05) is 28.8 Å². The molecule has 2 N–H and O–H groups in total. The van der Waals surface area contributed by atoms with Gasteiger partial charge in [-0.25, -0.2) is 4.79 Å². The first-order chi connectivity index (χ1) is 12.5. The molecule has 4 amide bonds. The van der Waals surface area contributed by atoms with Crippen LogP contribution in [0.15, 0.2) is 42.5 Å². The van der Waals surface area contributed by atoms with Crippen LogP contribution in [0.5, 0.6) is 0 Å². The predicted molar refractivity (Wildman–Crippen MR) is 99.9 cm³/mol. The fraction of sp³-hybridized carbons (Fsp3) is 0.167. The van der Waals surface area contributed by atoms with Crippen molar-refractivity contribution in [3.63, 3.8) is 0 Å². The topological polar surface area (TPSA) is 78.5 Å². The number of urea groups is 1. The molecule has 3 rings (SSSR count). The van der Waals surface area contributed by atoms with Gasteiger partial charge in [-0.05, 0) is 36.8 Å². The zero-order chi connectivity index (χ0) is 18.7. The van der Waals surface area contributed by atoms with Gasteiger partial charge in [0.25, 0.3) is 11.8 Å². The molecule has 0 atom stereocenters. The summed E-state index contributed by atoms with van der Waals surface area (Å²) in [4.78, 5) is 37.5. The van der Waals surface area contributed by atoms with Gasteiger partial charge in [0.15, 0.2) is 0 Å². The summed E-state index contributed by atoms with van der Waals surface area (Å²) in [5.41, 5.74) is 1.31. The maximum atomic E-state index is 12.2. The van der Waals surface area contributed by atoms with E-state index in [1.807, 2.05) is 0 Å². The average Bonchev–Trinajstić information content (AvgIpc) is 2.82. The van der Waals surface area contributed by atoms with Crippen LogP contribution in [0, 0.1) is 0 Å². The van der Waals surface area contributed by atoms with Crippen molar-refractivity contribution in [1.82, 2.24) is 10.2 Å². The summed E-state index contributed by atoms with van der Waals surface area (Å²) in [7, 11) is 0. The number of benzene rings is 2. The summed E-state index contributed by atoms with van der Waals surface area (Å²) in [5, 5.41) is 6.11. The molecule has 0 saturated carbocycles. The van der Waals surface area contributed by atoms with E-state index in [1.165, 1.54) is 4.90 Å². The molecular formula is C18H15Cl2N3O3. The number of carbonyl (C=O) groups excluding carboxylic acids is 3. The van der Waals surface area contributed by atoms with Crippen LogP contribution in [0.3, 0.4) is 0 Å². The van der Waals surface area contributed by atoms with Gasteiger partial charge < -0.3 is 10.6 Å². The summed E-state index contributed by atoms with van der Waals surface area (Å²) >= 11 is 11.7. The lowest BCUT2D eigenvalue weighted by Crippen LogP contribution is -2.35. The van der Waals surface area contributed by atoms with Crippen LogP contribution in [-0.2, 0) is 0 Å². The number of fused-ring (bicyclic) bond motifs is 1. The normalized spacial score (nSPS) is 12.9. The van der Waals surface area contributed by atoms with Crippen molar-refractivity contribution in [1.29, 1.82) is 0 Å². The first-order valence-corrected chi connectivity index (χ1v) is 8.67. The lowest BCUT2D eigenvalue weighted by atomic mass is 10.1. The maximum absolute atomic E-state index is 12.2. The minimum Gasteiger partial charge on any atom is -0.338 e. The molecule has 0 saturated heterocycles. The van der Waals surface area contributed by atoms with E-state index in [-0.39, 0.29) is 18.4 Å². The highest BCUT2D eigenvalue weighted by Crippen LogP contribution is 2.23. The predicted octanol–water partition coefficient (Wildman–Crippen LogP) is 3.80. The fourth-order valence-electron chi connectivity index (χ4n) is 2.68. The molecule has 26 heavy (non-hydrogen) atoms. The average molecular weight is 392 g/mol. The highest BCUT2D eigenvalue weighted by Gasteiger charge is 2.34. The molecule has 2 aromatic rings. The number of carbonyl (C=O) groups is 3. The summed E-state index contributed by atoms with van der Waals surface area (Å²) in [6.45, 7) is 0.531. The maximum Gasteiger partial charge on any atom is 0.319 e. The molecule has 1 heterocycles. The van der Waals surface area contributed by atoms with Crippen molar-refractivity contribution in [3.8, 4) is 0 Å². The molecule has 0 unspecified atom stereocenters. The fourth-order valence-corrected chi connectivity index (χ4v) is 3.21. The van der Waals surface area contributed by atoms with Crippen molar-refractivity contribution >= 4 is 46.7 Å². The van der Waals surface area contributed by atoms with Gasteiger partial charge in [-0.1, -0.05) is 35.3 Å². The number of amides is 4. The molecule has 6 nitrogen and oxygen atoms in total. The van der Waals surface area contributed by atoms with Gasteiger partial charge in [-0.2, -0.15) is 0 Å². The van der Waals surface area contributed by atoms with Crippen LogP contribution in [0.4, 0.5) is 10.5 Å². The third-order valence-electron chi connectivity index (χ3n) is 3.84. The minimum atomic E-state index is -0.425. The van der Waals surface area contributed by atoms with Gasteiger partial charge in [0.1, 0.15) is 0 Å². The number of hydrogen-bond donors (Lipinski definition) is 2. The molecule has 134 valence electrons. The lowest BCUT2D eigenvalue weighted by molar-refractivity contribution is 0.0653. The molecule has 2 aromatic carbocycles. The molecule has 0 aromatic heterocycles. The first-order valence-electron chi connectivity index (χ1n) is 7.92. The lowest BCUT2D eigenvalue weighted by Gasteiger charge is -2.14. The third kappa shape index (κ3) is 3.98. The highest BCUT2D eigenvalue weighted by atomic mass is 35.5. The van der Waals surface area contributed by atoms with Crippen LogP contribution in [0.25, 0.3) is 0 Å². The first kappa shape index (κ1) is 18.2. The van der Waals surface area contributed by atoms with E-state index in [9.17, 15) is 14.4 Å². The largest absolute Gasteiger partial charge is 0.338 e. The molecule has 1 aliphatic rings. The van der Waals surface area contributed by atoms with Gasteiger partial charge in [-0.15, -0.1) is 0 Å². The van der Waals surface area contributed by atoms with Gasteiger partial charge in [0.2, 0.25) is 0 Å². The Hall–Kier alpha value is -2.57. The highest BCUT2D eigenvalue weighted by molar-refractivity contribution is 6.35. The Bertz CT molecular complexity index is 830. The molecule has 0 radical (unpaired) electrons. The number of rotatable bonds is 5. The summed E-state index contributed by atoms with van der Waals surface area (Å²) in [5.74, 6) is -0.604. The summed E-state index contributed by atoms with van der Waals surface area (Å²) in [6, 6.07) is 11.0. The van der Waals surface area contributed by atoms with E-state index in [0.29, 0.717) is 39.8 Å². The monoisotopic (exact) mass is 391 g/mol. The molecule has 8 heteroatoms. The van der Waals surface area contributed by atoms with E-state index in [4.69, 9.17) is 23.2 Å². The van der Waals surface area contributed by atoms with Crippen LogP contribution >= 0.6 is 23.2 Å². The van der Waals surface area contributed by atoms with E-state index in [2.05, 4.69) is 10.6 Å². The smallest absolute Gasteiger partial charge is 0.319 e. The second-order valence-electron chi connectivity index (χ2n) is 5.70. The zero-order valence-electron chi connectivity index (χ0n) is 13.6. The van der Waals surface area contributed by atoms with Crippen molar-refractivity contribution in [2.45, 2.75) is 6.42 Å². The minimum absolute atomic E-state index is 0.232. The van der Waals surface area contributed by atoms with E-state index >= 15 is 0 Å². The standard InChI is InChI=1S/C18H15Cl2N3O3/c19-11-8-12(20)10-13(9-11)22-18(26)21-6-3-7-23-16(24)14-4-1-2-5-15(14)17(23)25/h1-2,4-5,8-10H,3,6-7H2,(H2,21,22,26). The Morgan fingerprint density at radius 2 is 1.54 bits per heavy atom. The number of hydrogen-bond acceptors (Lipinski definition) is 3. The summed E-state index contributed by atoms with van der Waals surface area (Å²) < 4.78 is 0. The van der Waals surface area contributed by atoms with Crippen molar-refractivity contribution < 1.29 is 14.4 Å². The Morgan fingerprint density at radius 3 is 2.12 bits per heavy atom. The molecule has 0 spiro atoms. The molecule has 0 bridgehead atoms. The van der Waals surface area contributed by atoms with Crippen LogP contribution in [0.2, 0.25) is 10.0 Å². The second-order valence-corrected chi connectivity index (χ2v) is 6.57. The number of imide groups is 1. The number of anilines is 1. The molecule has 1 aliphatic heterocycles. The van der Waals surface area contributed by atoms with E-state index < -0.39 is 6.03 Å². The Kier molecular flexibility index (Phi) is 5.44. The van der Waals surface area contributed by atoms with Crippen LogP contribution in [0.1, 0.15) is 27.1 Å². The third-order valence-corrected chi connectivity index (χ3v) is 4.28.